The van der Waals surface area contributed by atoms with Gasteiger partial charge in [0.05, 0.1) is 0 Å². The first-order chi connectivity index (χ1) is 8.45. The Bertz CT molecular complexity index is 181. The summed E-state index contributed by atoms with van der Waals surface area (Å²) in [6, 6.07) is 0.795. The molecule has 0 aromatic heterocycles. The second-order valence-corrected chi connectivity index (χ2v) is 14.5. The zero-order chi connectivity index (χ0) is 14.1. The van der Waals surface area contributed by atoms with Crippen molar-refractivity contribution in [3.8, 4) is 0 Å². The monoisotopic (exact) mass is 364 g/mol. The standard InChI is InChI=1S/C10H22N.2C2H6N.Sn/c1-4-6-8-10(11-3)9-7-5-2;2*1-3-2;/h10H,4-9H2,1-3H3;2*1-2H3;/q3*-1;+3. The number of rotatable bonds is 10. The van der Waals surface area contributed by atoms with Crippen LogP contribution in [0.5, 0.6) is 0 Å². The van der Waals surface area contributed by atoms with Gasteiger partial charge in [0, 0.05) is 0 Å². The van der Waals surface area contributed by atoms with Crippen molar-refractivity contribution in [1.82, 2.24) is 9.36 Å². The fraction of sp³-hybridized carbons (Fsp3) is 1.00. The molecule has 0 aliphatic heterocycles. The molecule has 0 fully saturated rings. The molecule has 0 N–H and O–H groups in total. The average Bonchev–Trinajstić information content (AvgIpc) is 2.28. The number of nitrogens with zero attached hydrogens (tertiary/aromatic N) is 3. The predicted octanol–water partition coefficient (Wildman–Crippen LogP) is 2.78. The Labute approximate surface area is 123 Å². The van der Waals surface area contributed by atoms with Crippen LogP contribution in [0.1, 0.15) is 52.4 Å². The van der Waals surface area contributed by atoms with Gasteiger partial charge in [0.25, 0.3) is 0 Å². The van der Waals surface area contributed by atoms with Gasteiger partial charge in [0.2, 0.25) is 0 Å². The van der Waals surface area contributed by atoms with Crippen LogP contribution in [0.15, 0.2) is 0 Å². The van der Waals surface area contributed by atoms with Crippen LogP contribution in [0.3, 0.4) is 0 Å². The number of hydrogen-bond donors (Lipinski definition) is 0. The maximum atomic E-state index is 2.74. The van der Waals surface area contributed by atoms with E-state index in [9.17, 15) is 0 Å². The molecule has 0 aromatic carbocycles. The Hall–Kier alpha value is 0.679. The van der Waals surface area contributed by atoms with E-state index in [0.29, 0.717) is 0 Å². The fourth-order valence-corrected chi connectivity index (χ4v) is 10.2. The summed E-state index contributed by atoms with van der Waals surface area (Å²) in [6.07, 6.45) is 8.13. The molecule has 0 spiro atoms. The first-order valence-corrected chi connectivity index (χ1v) is 11.2. The summed E-state index contributed by atoms with van der Waals surface area (Å²) in [6.45, 7) is 4.60. The third-order valence-electron chi connectivity index (χ3n) is 3.44. The molecule has 18 heavy (non-hydrogen) atoms. The summed E-state index contributed by atoms with van der Waals surface area (Å²) in [4.78, 5) is 0. The second-order valence-electron chi connectivity index (χ2n) is 5.64. The molecule has 0 rings (SSSR count). The summed E-state index contributed by atoms with van der Waals surface area (Å²) in [5.74, 6) is 0. The molecule has 4 heteroatoms. The molecule has 0 saturated carbocycles. The molecule has 3 nitrogen and oxygen atoms in total. The minimum absolute atomic E-state index is 0.795. The van der Waals surface area contributed by atoms with Crippen molar-refractivity contribution in [1.29, 1.82) is 0 Å². The van der Waals surface area contributed by atoms with Gasteiger partial charge >= 0.3 is 124 Å². The Morgan fingerprint density at radius 3 is 1.44 bits per heavy atom. The summed E-state index contributed by atoms with van der Waals surface area (Å²) in [5.41, 5.74) is 0. The van der Waals surface area contributed by atoms with Crippen LogP contribution < -0.4 is 0 Å². The van der Waals surface area contributed by atoms with Crippen molar-refractivity contribution in [3.05, 3.63) is 0 Å². The quantitative estimate of drug-likeness (QED) is 0.553. The fourth-order valence-electron chi connectivity index (χ4n) is 2.61. The van der Waals surface area contributed by atoms with Crippen LogP contribution in [-0.2, 0) is 0 Å². The van der Waals surface area contributed by atoms with E-state index in [-0.39, 0.29) is 0 Å². The van der Waals surface area contributed by atoms with Crippen molar-refractivity contribution in [3.63, 3.8) is 0 Å². The normalized spacial score (nSPS) is 12.7. The van der Waals surface area contributed by atoms with Crippen LogP contribution in [-0.4, -0.2) is 71.2 Å². The minimum atomic E-state index is -1.75. The topological polar surface area (TPSA) is 9.72 Å². The summed E-state index contributed by atoms with van der Waals surface area (Å²) < 4.78 is 7.73. The molecule has 0 aromatic rings. The van der Waals surface area contributed by atoms with E-state index in [2.05, 4.69) is 58.5 Å². The van der Waals surface area contributed by atoms with Gasteiger partial charge in [-0.2, -0.15) is 0 Å². The predicted molar refractivity (Wildman–Crippen MR) is 83.7 cm³/mol. The first kappa shape index (κ1) is 18.7. The van der Waals surface area contributed by atoms with Gasteiger partial charge in [-0.15, -0.1) is 0 Å². The van der Waals surface area contributed by atoms with Gasteiger partial charge < -0.3 is 0 Å². The van der Waals surface area contributed by atoms with Crippen LogP contribution in [0.2, 0.25) is 0 Å². The molecule has 1 radical (unpaired) electrons. The molecule has 0 aliphatic rings. The Balaban J connectivity index is 4.61. The van der Waals surface area contributed by atoms with Crippen molar-refractivity contribution < 1.29 is 0 Å². The molecular weight excluding hydrogens is 329 g/mol. The van der Waals surface area contributed by atoms with Crippen molar-refractivity contribution in [2.24, 2.45) is 0 Å². The second kappa shape index (κ2) is 10.5. The van der Waals surface area contributed by atoms with E-state index in [0.717, 1.165) is 6.04 Å². The molecular formula is C14H34N3Sn. The molecule has 0 heterocycles. The van der Waals surface area contributed by atoms with Crippen LogP contribution in [0, 0.1) is 0 Å². The SMILES string of the molecule is CCCCC(CCCC)[N](C)[Sn]([N](C)C)[N](C)C. The Morgan fingerprint density at radius 1 is 0.778 bits per heavy atom. The molecule has 0 atom stereocenters. The molecule has 0 aliphatic carbocycles. The zero-order valence-electron chi connectivity index (χ0n) is 13.7. The number of hydrogen-bond acceptors (Lipinski definition) is 3. The third-order valence-corrected chi connectivity index (χ3v) is 10.9. The van der Waals surface area contributed by atoms with Gasteiger partial charge in [0.15, 0.2) is 0 Å². The van der Waals surface area contributed by atoms with Crippen LogP contribution in [0.4, 0.5) is 0 Å². The van der Waals surface area contributed by atoms with Crippen molar-refractivity contribution >= 4 is 20.6 Å². The van der Waals surface area contributed by atoms with Gasteiger partial charge in [-0.25, -0.2) is 0 Å². The van der Waals surface area contributed by atoms with E-state index in [1.165, 1.54) is 38.5 Å². The molecule has 0 amide bonds. The first-order valence-electron chi connectivity index (χ1n) is 7.40. The Morgan fingerprint density at radius 2 is 1.17 bits per heavy atom. The van der Waals surface area contributed by atoms with Crippen molar-refractivity contribution in [2.45, 2.75) is 58.4 Å². The average molecular weight is 363 g/mol. The van der Waals surface area contributed by atoms with E-state index in [4.69, 9.17) is 0 Å². The maximum absolute atomic E-state index is 2.74. The van der Waals surface area contributed by atoms with Crippen LogP contribution in [0.25, 0.3) is 0 Å². The van der Waals surface area contributed by atoms with Gasteiger partial charge in [-0.05, 0) is 0 Å². The summed E-state index contributed by atoms with van der Waals surface area (Å²) >= 11 is -1.75. The van der Waals surface area contributed by atoms with Crippen LogP contribution >= 0.6 is 0 Å². The van der Waals surface area contributed by atoms with Gasteiger partial charge in [-0.3, -0.25) is 0 Å². The van der Waals surface area contributed by atoms with Gasteiger partial charge in [0.1, 0.15) is 0 Å². The number of unbranched alkanes of at least 4 members (excludes halogenated alkanes) is 2. The van der Waals surface area contributed by atoms with E-state index in [1.807, 2.05) is 0 Å². The summed E-state index contributed by atoms with van der Waals surface area (Å²) in [5, 5.41) is 0. The van der Waals surface area contributed by atoms with E-state index < -0.39 is 20.6 Å². The molecule has 109 valence electrons. The molecule has 0 unspecified atom stereocenters. The van der Waals surface area contributed by atoms with Gasteiger partial charge in [-0.1, -0.05) is 0 Å². The van der Waals surface area contributed by atoms with E-state index in [1.54, 1.807) is 0 Å². The Kier molecular flexibility index (Phi) is 10.9. The van der Waals surface area contributed by atoms with Crippen molar-refractivity contribution in [2.75, 3.05) is 35.2 Å². The zero-order valence-corrected chi connectivity index (χ0v) is 16.5. The van der Waals surface area contributed by atoms with E-state index >= 15 is 0 Å². The third kappa shape index (κ3) is 6.73. The summed E-state index contributed by atoms with van der Waals surface area (Å²) in [7, 11) is 11.4. The molecule has 0 saturated heterocycles. The molecule has 0 bridgehead atoms.